The maximum Gasteiger partial charge on any atom is 0.417 e. The third-order valence-electron chi connectivity index (χ3n) is 5.71. The zero-order chi connectivity index (χ0) is 25.2. The van der Waals surface area contributed by atoms with Crippen molar-refractivity contribution in [1.29, 1.82) is 0 Å². The Kier molecular flexibility index (Phi) is 6.60. The molecule has 0 bridgehead atoms. The summed E-state index contributed by atoms with van der Waals surface area (Å²) in [7, 11) is 0. The highest BCUT2D eigenvalue weighted by molar-refractivity contribution is 5.79. The van der Waals surface area contributed by atoms with Crippen LogP contribution < -0.4 is 5.32 Å². The first-order chi connectivity index (χ1) is 16.6. The van der Waals surface area contributed by atoms with Crippen molar-refractivity contribution < 1.29 is 35.9 Å². The van der Waals surface area contributed by atoms with Crippen LogP contribution in [0, 0.1) is 0 Å². The Morgan fingerprint density at radius 3 is 1.83 bits per heavy atom. The minimum atomic E-state index is -4.97. The Hall–Kier alpha value is -3.75. The van der Waals surface area contributed by atoms with Gasteiger partial charge in [0, 0.05) is 12.5 Å². The van der Waals surface area contributed by atoms with Crippen LogP contribution in [0.2, 0.25) is 0 Å². The van der Waals surface area contributed by atoms with E-state index in [1.165, 1.54) is 0 Å². The van der Waals surface area contributed by atoms with Crippen molar-refractivity contribution in [2.45, 2.75) is 18.3 Å². The van der Waals surface area contributed by atoms with Gasteiger partial charge in [-0.25, -0.2) is 4.79 Å². The number of carbonyl (C=O) groups excluding carboxylic acids is 1. The molecule has 1 N–H and O–H groups in total. The van der Waals surface area contributed by atoms with E-state index in [1.807, 2.05) is 48.5 Å². The molecule has 0 atom stereocenters. The second kappa shape index (κ2) is 9.48. The van der Waals surface area contributed by atoms with Gasteiger partial charge in [-0.2, -0.15) is 26.3 Å². The topological polar surface area (TPSA) is 38.3 Å². The first kappa shape index (κ1) is 24.4. The summed E-state index contributed by atoms with van der Waals surface area (Å²) in [5.41, 5.74) is 0.263. The van der Waals surface area contributed by atoms with Crippen molar-refractivity contribution in [3.63, 3.8) is 0 Å². The molecule has 0 fully saturated rings. The Labute approximate surface area is 197 Å². The average molecular weight is 491 g/mol. The molecule has 0 aliphatic heterocycles. The zero-order valence-corrected chi connectivity index (χ0v) is 18.1. The molecule has 0 spiro atoms. The van der Waals surface area contributed by atoms with Crippen molar-refractivity contribution in [3.8, 4) is 11.1 Å². The Morgan fingerprint density at radius 2 is 1.31 bits per heavy atom. The van der Waals surface area contributed by atoms with E-state index < -0.39 is 35.1 Å². The molecular weight excluding hydrogens is 472 g/mol. The van der Waals surface area contributed by atoms with E-state index in [0.29, 0.717) is 24.3 Å². The number of alkyl halides is 6. The number of amides is 1. The van der Waals surface area contributed by atoms with Crippen molar-refractivity contribution in [2.24, 2.45) is 0 Å². The van der Waals surface area contributed by atoms with Gasteiger partial charge in [0.2, 0.25) is 0 Å². The van der Waals surface area contributed by atoms with Gasteiger partial charge in [0.05, 0.1) is 11.1 Å². The number of benzene rings is 3. The third-order valence-corrected chi connectivity index (χ3v) is 5.71. The molecule has 35 heavy (non-hydrogen) atoms. The van der Waals surface area contributed by atoms with Crippen molar-refractivity contribution >= 4 is 12.2 Å². The van der Waals surface area contributed by atoms with Gasteiger partial charge in [-0.3, -0.25) is 0 Å². The number of hydrogen-bond acceptors (Lipinski definition) is 2. The lowest BCUT2D eigenvalue weighted by molar-refractivity contribution is -0.143. The Morgan fingerprint density at radius 1 is 0.800 bits per heavy atom. The molecule has 1 amide bonds. The van der Waals surface area contributed by atoms with E-state index in [1.54, 1.807) is 0 Å². The Balaban J connectivity index is 1.41. The van der Waals surface area contributed by atoms with Gasteiger partial charge in [-0.1, -0.05) is 66.7 Å². The molecule has 0 radical (unpaired) electrons. The van der Waals surface area contributed by atoms with E-state index in [9.17, 15) is 31.1 Å². The van der Waals surface area contributed by atoms with Gasteiger partial charge in [0.15, 0.2) is 0 Å². The van der Waals surface area contributed by atoms with Crippen molar-refractivity contribution in [3.05, 3.63) is 101 Å². The van der Waals surface area contributed by atoms with Crippen LogP contribution in [0.4, 0.5) is 31.1 Å². The largest absolute Gasteiger partial charge is 0.449 e. The van der Waals surface area contributed by atoms with E-state index in [2.05, 4.69) is 5.32 Å². The number of carbonyl (C=O) groups is 1. The van der Waals surface area contributed by atoms with E-state index >= 15 is 0 Å². The third kappa shape index (κ3) is 5.18. The van der Waals surface area contributed by atoms with Gasteiger partial charge in [-0.15, -0.1) is 0 Å². The minimum Gasteiger partial charge on any atom is -0.449 e. The lowest BCUT2D eigenvalue weighted by atomic mass is 9.98. The molecule has 4 rings (SSSR count). The molecular formula is C26H19F6NO2. The van der Waals surface area contributed by atoms with E-state index in [4.69, 9.17) is 4.74 Å². The van der Waals surface area contributed by atoms with Gasteiger partial charge in [-0.05, 0) is 39.9 Å². The van der Waals surface area contributed by atoms with Crippen LogP contribution in [0.25, 0.3) is 17.2 Å². The number of alkyl carbamates (subject to hydrolysis) is 1. The molecule has 0 unspecified atom stereocenters. The van der Waals surface area contributed by atoms with Gasteiger partial charge in [0.1, 0.15) is 6.61 Å². The van der Waals surface area contributed by atoms with Crippen LogP contribution in [0.1, 0.15) is 33.7 Å². The fourth-order valence-corrected chi connectivity index (χ4v) is 4.21. The predicted octanol–water partition coefficient (Wildman–Crippen LogP) is 7.28. The van der Waals surface area contributed by atoms with Crippen LogP contribution in [0.5, 0.6) is 0 Å². The summed E-state index contributed by atoms with van der Waals surface area (Å²) in [6, 6.07) is 17.3. The van der Waals surface area contributed by atoms with Gasteiger partial charge < -0.3 is 10.1 Å². The number of nitrogens with one attached hydrogen (secondary N) is 1. The summed E-state index contributed by atoms with van der Waals surface area (Å²) < 4.78 is 84.6. The maximum atomic E-state index is 13.2. The molecule has 0 saturated carbocycles. The second-order valence-electron chi connectivity index (χ2n) is 7.87. The summed E-state index contributed by atoms with van der Waals surface area (Å²) in [6.07, 6.45) is -9.06. The lowest BCUT2D eigenvalue weighted by Gasteiger charge is -2.16. The molecule has 182 valence electrons. The van der Waals surface area contributed by atoms with Crippen molar-refractivity contribution in [2.75, 3.05) is 13.2 Å². The molecule has 3 aromatic carbocycles. The van der Waals surface area contributed by atoms with E-state index in [-0.39, 0.29) is 19.1 Å². The molecule has 1 aliphatic carbocycles. The summed E-state index contributed by atoms with van der Waals surface area (Å²) >= 11 is 0. The van der Waals surface area contributed by atoms with Crippen LogP contribution >= 0.6 is 0 Å². The molecule has 0 heterocycles. The standard InChI is InChI=1S/C26H19F6NO2/c27-25(28,29)22-12-5-13-23(26(30,31)32)20(22)11-6-14-33-24(34)35-15-21-18-9-3-1-7-16(18)17-8-2-4-10-19(17)21/h1-13,21H,14-15H2,(H,33,34). The van der Waals surface area contributed by atoms with Gasteiger partial charge >= 0.3 is 18.4 Å². The molecule has 9 heteroatoms. The smallest absolute Gasteiger partial charge is 0.417 e. The van der Waals surface area contributed by atoms with Crippen LogP contribution in [-0.4, -0.2) is 19.2 Å². The quantitative estimate of drug-likeness (QED) is 0.381. The average Bonchev–Trinajstić information content (AvgIpc) is 3.13. The van der Waals surface area contributed by atoms with Crippen LogP contribution in [-0.2, 0) is 17.1 Å². The number of ether oxygens (including phenoxy) is 1. The van der Waals surface area contributed by atoms with E-state index in [0.717, 1.165) is 28.3 Å². The highest BCUT2D eigenvalue weighted by Crippen LogP contribution is 2.44. The summed E-state index contributed by atoms with van der Waals surface area (Å²) in [6.45, 7) is -0.293. The highest BCUT2D eigenvalue weighted by atomic mass is 19.4. The SMILES string of the molecule is O=C(NCC=Cc1c(C(F)(F)F)cccc1C(F)(F)F)OCC1c2ccccc2-c2ccccc21. The Bertz CT molecular complexity index is 1190. The molecule has 1 aliphatic rings. The molecule has 0 saturated heterocycles. The fourth-order valence-electron chi connectivity index (χ4n) is 4.21. The van der Waals surface area contributed by atoms with Crippen LogP contribution in [0.3, 0.4) is 0 Å². The number of fused-ring (bicyclic) bond motifs is 3. The minimum absolute atomic E-state index is 0.0265. The fraction of sp³-hybridized carbons (Fsp3) is 0.192. The van der Waals surface area contributed by atoms with Crippen LogP contribution in [0.15, 0.2) is 72.8 Å². The predicted molar refractivity (Wildman–Crippen MR) is 119 cm³/mol. The summed E-state index contributed by atoms with van der Waals surface area (Å²) in [5, 5.41) is 2.33. The lowest BCUT2D eigenvalue weighted by Crippen LogP contribution is -2.26. The molecule has 3 aromatic rings. The molecule has 3 nitrogen and oxygen atoms in total. The van der Waals surface area contributed by atoms with Crippen molar-refractivity contribution in [1.82, 2.24) is 5.32 Å². The molecule has 0 aromatic heterocycles. The summed E-state index contributed by atoms with van der Waals surface area (Å²) in [5.74, 6) is -0.184. The number of hydrogen-bond donors (Lipinski definition) is 1. The number of halogens is 6. The maximum absolute atomic E-state index is 13.2. The second-order valence-corrected chi connectivity index (χ2v) is 7.87. The normalized spacial score (nSPS) is 13.5. The summed E-state index contributed by atoms with van der Waals surface area (Å²) in [4.78, 5) is 12.2. The zero-order valence-electron chi connectivity index (χ0n) is 18.1. The van der Waals surface area contributed by atoms with Gasteiger partial charge in [0.25, 0.3) is 0 Å². The first-order valence-electron chi connectivity index (χ1n) is 10.6. The highest BCUT2D eigenvalue weighted by Gasteiger charge is 2.39. The first-order valence-corrected chi connectivity index (χ1v) is 10.6. The number of rotatable bonds is 5. The monoisotopic (exact) mass is 491 g/mol.